The second kappa shape index (κ2) is 13.5. The van der Waals surface area contributed by atoms with E-state index >= 15 is 0 Å². The molecule has 34 heavy (non-hydrogen) atoms. The van der Waals surface area contributed by atoms with E-state index in [1.807, 2.05) is 74.5 Å². The van der Waals surface area contributed by atoms with Crippen LogP contribution in [0.4, 0.5) is 4.79 Å². The SMILES string of the molecule is CCCS(=O)(=O)N(CCC(C)C)C[C@@H](O)C(Cc1ccccc1)N(Cc1ccccc1)C(=O)O. The molecule has 0 aliphatic carbocycles. The van der Waals surface area contributed by atoms with Gasteiger partial charge >= 0.3 is 6.09 Å². The van der Waals surface area contributed by atoms with Crippen LogP contribution in [0, 0.1) is 5.92 Å². The van der Waals surface area contributed by atoms with Crippen LogP contribution in [0.15, 0.2) is 60.7 Å². The van der Waals surface area contributed by atoms with Crippen LogP contribution >= 0.6 is 0 Å². The summed E-state index contributed by atoms with van der Waals surface area (Å²) in [6.45, 7) is 6.08. The number of benzene rings is 2. The van der Waals surface area contributed by atoms with Gasteiger partial charge in [0, 0.05) is 19.6 Å². The molecule has 7 nitrogen and oxygen atoms in total. The molecule has 8 heteroatoms. The molecule has 0 radical (unpaired) electrons. The van der Waals surface area contributed by atoms with Gasteiger partial charge in [-0.05, 0) is 36.3 Å². The lowest BCUT2D eigenvalue weighted by atomic mass is 9.99. The quantitative estimate of drug-likeness (QED) is 0.413. The molecule has 2 aromatic rings. The van der Waals surface area contributed by atoms with Crippen molar-refractivity contribution in [2.75, 3.05) is 18.8 Å². The number of hydrogen-bond acceptors (Lipinski definition) is 4. The van der Waals surface area contributed by atoms with Crippen LogP contribution in [0.25, 0.3) is 0 Å². The maximum Gasteiger partial charge on any atom is 0.407 e. The number of carboxylic acid groups (broad SMARTS) is 1. The zero-order valence-electron chi connectivity index (χ0n) is 20.4. The molecule has 0 fully saturated rings. The van der Waals surface area contributed by atoms with E-state index < -0.39 is 28.3 Å². The third-order valence-corrected chi connectivity index (χ3v) is 7.82. The van der Waals surface area contributed by atoms with Crippen molar-refractivity contribution in [1.29, 1.82) is 0 Å². The lowest BCUT2D eigenvalue weighted by Crippen LogP contribution is -2.52. The normalized spacial score (nSPS) is 13.7. The van der Waals surface area contributed by atoms with Crippen LogP contribution in [-0.2, 0) is 23.0 Å². The Kier molecular flexibility index (Phi) is 11.0. The summed E-state index contributed by atoms with van der Waals surface area (Å²) in [7, 11) is -3.57. The minimum Gasteiger partial charge on any atom is -0.465 e. The van der Waals surface area contributed by atoms with Crippen molar-refractivity contribution in [2.45, 2.75) is 58.7 Å². The van der Waals surface area contributed by atoms with Crippen LogP contribution < -0.4 is 0 Å². The highest BCUT2D eigenvalue weighted by atomic mass is 32.2. The third-order valence-electron chi connectivity index (χ3n) is 5.78. The standard InChI is InChI=1S/C26H38N2O5S/c1-4-17-34(32,33)27(16-15-21(2)3)20-25(29)24(18-22-11-7-5-8-12-22)28(26(30)31)19-23-13-9-6-10-14-23/h5-14,21,24-25,29H,4,15-20H2,1-3H3,(H,30,31)/t24?,25-/m1/s1. The number of carbonyl (C=O) groups is 1. The van der Waals surface area contributed by atoms with Gasteiger partial charge in [-0.25, -0.2) is 13.2 Å². The van der Waals surface area contributed by atoms with Crippen LogP contribution in [0.3, 0.4) is 0 Å². The van der Waals surface area contributed by atoms with Crippen LogP contribution in [0.2, 0.25) is 0 Å². The number of sulfonamides is 1. The van der Waals surface area contributed by atoms with Gasteiger partial charge in [-0.3, -0.25) is 4.90 Å². The molecule has 0 heterocycles. The van der Waals surface area contributed by atoms with Gasteiger partial charge < -0.3 is 10.2 Å². The summed E-state index contributed by atoms with van der Waals surface area (Å²) in [6.07, 6.45) is -0.953. The van der Waals surface area contributed by atoms with Gasteiger partial charge in [0.15, 0.2) is 0 Å². The van der Waals surface area contributed by atoms with Gasteiger partial charge in [0.05, 0.1) is 17.9 Å². The van der Waals surface area contributed by atoms with E-state index in [2.05, 4.69) is 0 Å². The smallest absolute Gasteiger partial charge is 0.407 e. The molecule has 0 aliphatic heterocycles. The van der Waals surface area contributed by atoms with E-state index in [-0.39, 0.29) is 25.3 Å². The Morgan fingerprint density at radius 3 is 2.03 bits per heavy atom. The van der Waals surface area contributed by atoms with Crippen molar-refractivity contribution in [2.24, 2.45) is 5.92 Å². The van der Waals surface area contributed by atoms with Crippen molar-refractivity contribution in [3.8, 4) is 0 Å². The van der Waals surface area contributed by atoms with Gasteiger partial charge in [-0.1, -0.05) is 81.4 Å². The molecule has 0 aliphatic rings. The summed E-state index contributed by atoms with van der Waals surface area (Å²) in [6, 6.07) is 17.7. The highest BCUT2D eigenvalue weighted by Gasteiger charge is 2.34. The number of aliphatic hydroxyl groups excluding tert-OH is 1. The molecule has 1 unspecified atom stereocenters. The first-order valence-corrected chi connectivity index (χ1v) is 13.5. The van der Waals surface area contributed by atoms with E-state index in [9.17, 15) is 23.4 Å². The second-order valence-electron chi connectivity index (χ2n) is 9.08. The van der Waals surface area contributed by atoms with Crippen LogP contribution in [0.1, 0.15) is 44.7 Å². The van der Waals surface area contributed by atoms with Gasteiger partial charge in [0.1, 0.15) is 0 Å². The minimum atomic E-state index is -3.57. The molecule has 0 bridgehead atoms. The van der Waals surface area contributed by atoms with Gasteiger partial charge in [0.25, 0.3) is 0 Å². The molecule has 188 valence electrons. The molecule has 1 amide bonds. The lowest BCUT2D eigenvalue weighted by Gasteiger charge is -2.35. The fraction of sp³-hybridized carbons (Fsp3) is 0.500. The summed E-state index contributed by atoms with van der Waals surface area (Å²) in [5.74, 6) is 0.290. The van der Waals surface area contributed by atoms with E-state index in [0.717, 1.165) is 11.1 Å². The Hall–Kier alpha value is -2.42. The van der Waals surface area contributed by atoms with Gasteiger partial charge in [-0.15, -0.1) is 0 Å². The molecule has 2 aromatic carbocycles. The summed E-state index contributed by atoms with van der Waals surface area (Å²) in [5, 5.41) is 21.4. The van der Waals surface area contributed by atoms with Crippen LogP contribution in [-0.4, -0.2) is 64.9 Å². The summed E-state index contributed by atoms with van der Waals surface area (Å²) in [5.41, 5.74) is 1.67. The van der Waals surface area contributed by atoms with Crippen molar-refractivity contribution in [3.05, 3.63) is 71.8 Å². The molecule has 2 N–H and O–H groups in total. The Labute approximate surface area is 204 Å². The first-order valence-electron chi connectivity index (χ1n) is 11.9. The first-order chi connectivity index (χ1) is 16.1. The third kappa shape index (κ3) is 8.74. The van der Waals surface area contributed by atoms with Crippen molar-refractivity contribution in [1.82, 2.24) is 9.21 Å². The monoisotopic (exact) mass is 490 g/mol. The number of rotatable bonds is 14. The summed E-state index contributed by atoms with van der Waals surface area (Å²) >= 11 is 0. The Bertz CT molecular complexity index is 967. The molecular formula is C26H38N2O5S. The summed E-state index contributed by atoms with van der Waals surface area (Å²) < 4.78 is 27.2. The van der Waals surface area contributed by atoms with E-state index in [0.29, 0.717) is 25.3 Å². The maximum atomic E-state index is 12.9. The Morgan fingerprint density at radius 2 is 1.53 bits per heavy atom. The Morgan fingerprint density at radius 1 is 0.971 bits per heavy atom. The number of hydrogen-bond donors (Lipinski definition) is 2. The average Bonchev–Trinajstić information content (AvgIpc) is 2.79. The fourth-order valence-electron chi connectivity index (χ4n) is 3.88. The predicted molar refractivity (Wildman–Crippen MR) is 135 cm³/mol. The molecule has 2 atom stereocenters. The molecule has 0 saturated carbocycles. The maximum absolute atomic E-state index is 12.9. The second-order valence-corrected chi connectivity index (χ2v) is 11.2. The topological polar surface area (TPSA) is 98.2 Å². The van der Waals surface area contributed by atoms with E-state index in [1.54, 1.807) is 6.92 Å². The predicted octanol–water partition coefficient (Wildman–Crippen LogP) is 4.23. The molecule has 2 rings (SSSR count). The average molecular weight is 491 g/mol. The van der Waals surface area contributed by atoms with E-state index in [4.69, 9.17) is 0 Å². The van der Waals surface area contributed by atoms with Crippen molar-refractivity contribution >= 4 is 16.1 Å². The zero-order valence-corrected chi connectivity index (χ0v) is 21.2. The first kappa shape index (κ1) is 27.8. The highest BCUT2D eigenvalue weighted by Crippen LogP contribution is 2.19. The highest BCUT2D eigenvalue weighted by molar-refractivity contribution is 7.89. The zero-order chi connectivity index (χ0) is 25.1. The number of amides is 1. The lowest BCUT2D eigenvalue weighted by molar-refractivity contribution is 0.0343. The largest absolute Gasteiger partial charge is 0.465 e. The molecule has 0 aromatic heterocycles. The van der Waals surface area contributed by atoms with E-state index in [1.165, 1.54) is 9.21 Å². The van der Waals surface area contributed by atoms with Gasteiger partial charge in [0.2, 0.25) is 10.0 Å². The molecule has 0 saturated heterocycles. The number of nitrogens with zero attached hydrogens (tertiary/aromatic N) is 2. The molecular weight excluding hydrogens is 452 g/mol. The molecule has 0 spiro atoms. The van der Waals surface area contributed by atoms with Crippen LogP contribution in [0.5, 0.6) is 0 Å². The van der Waals surface area contributed by atoms with Crippen molar-refractivity contribution in [3.63, 3.8) is 0 Å². The fourth-order valence-corrected chi connectivity index (χ4v) is 5.42. The van der Waals surface area contributed by atoms with Crippen molar-refractivity contribution < 1.29 is 23.4 Å². The minimum absolute atomic E-state index is 0.00612. The Balaban J connectivity index is 2.37. The number of aliphatic hydroxyl groups is 1. The van der Waals surface area contributed by atoms with Gasteiger partial charge in [-0.2, -0.15) is 4.31 Å². The summed E-state index contributed by atoms with van der Waals surface area (Å²) in [4.78, 5) is 13.5.